The number of alkyl halides is 6. The molecule has 0 spiro atoms. The van der Waals surface area contributed by atoms with Crippen LogP contribution >= 0.6 is 0 Å². The number of carboxylic acid groups (broad SMARTS) is 1. The maximum atomic E-state index is 13.3. The number of hydrogen-bond donors (Lipinski definition) is 1. The molecular formula is C22H17F6N3O6. The summed E-state index contributed by atoms with van der Waals surface area (Å²) in [5, 5.41) is 27.8. The number of hydrogen-bond acceptors (Lipinski definition) is 7. The molecule has 0 radical (unpaired) electrons. The van der Waals surface area contributed by atoms with Crippen molar-refractivity contribution < 1.29 is 50.3 Å². The number of nitro groups is 1. The molecule has 0 aliphatic carbocycles. The summed E-state index contributed by atoms with van der Waals surface area (Å²) in [4.78, 5) is 21.7. The fraction of sp³-hybridized carbons (Fsp3) is 0.318. The van der Waals surface area contributed by atoms with Crippen molar-refractivity contribution in [1.29, 1.82) is 0 Å². The Morgan fingerprint density at radius 1 is 1.00 bits per heavy atom. The highest BCUT2D eigenvalue weighted by atomic mass is 19.4. The van der Waals surface area contributed by atoms with Gasteiger partial charge < -0.3 is 14.3 Å². The van der Waals surface area contributed by atoms with Crippen LogP contribution in [0, 0.1) is 15.5 Å². The first-order valence-electron chi connectivity index (χ1n) is 10.2. The molecule has 198 valence electrons. The highest BCUT2D eigenvalue weighted by molar-refractivity contribution is 5.63. The first kappa shape index (κ1) is 27.4. The fourth-order valence-corrected chi connectivity index (χ4v) is 3.58. The van der Waals surface area contributed by atoms with E-state index in [4.69, 9.17) is 14.3 Å². The first-order valence-corrected chi connectivity index (χ1v) is 10.2. The van der Waals surface area contributed by atoms with Crippen LogP contribution < -0.4 is 4.74 Å². The smallest absolute Gasteiger partial charge is 0.449 e. The number of carbonyl (C=O) groups is 1. The summed E-state index contributed by atoms with van der Waals surface area (Å²) in [6.45, 7) is 4.82. The Labute approximate surface area is 203 Å². The summed E-state index contributed by atoms with van der Waals surface area (Å²) < 4.78 is 89.8. The second-order valence-corrected chi connectivity index (χ2v) is 8.89. The zero-order valence-electron chi connectivity index (χ0n) is 19.1. The van der Waals surface area contributed by atoms with Crippen molar-refractivity contribution in [2.45, 2.75) is 39.0 Å². The normalized spacial score (nSPS) is 13.3. The molecule has 1 heterocycles. The van der Waals surface area contributed by atoms with Crippen molar-refractivity contribution in [2.75, 3.05) is 0 Å². The van der Waals surface area contributed by atoms with Crippen molar-refractivity contribution >= 4 is 11.8 Å². The van der Waals surface area contributed by atoms with Gasteiger partial charge in [-0.1, -0.05) is 20.8 Å². The standard InChI is InChI=1S/C22H17F6N3O6/c1-20(2,3)16(14-9-13(31(34)35)4-5-15(14)36-19(32)33)18-30-29-17(37-18)10-6-11(21(23,24)25)8-12(7-10)22(26,27)28/h4-9,16H,1-3H3,(H,32,33). The lowest BCUT2D eigenvalue weighted by Gasteiger charge is -2.29. The van der Waals surface area contributed by atoms with E-state index in [1.807, 2.05) is 0 Å². The fourth-order valence-electron chi connectivity index (χ4n) is 3.58. The van der Waals surface area contributed by atoms with Gasteiger partial charge in [-0.05, 0) is 29.7 Å². The molecule has 1 atom stereocenters. The lowest BCUT2D eigenvalue weighted by atomic mass is 9.76. The van der Waals surface area contributed by atoms with E-state index in [0.29, 0.717) is 12.1 Å². The van der Waals surface area contributed by atoms with Gasteiger partial charge >= 0.3 is 18.5 Å². The molecule has 9 nitrogen and oxygen atoms in total. The molecular weight excluding hydrogens is 516 g/mol. The van der Waals surface area contributed by atoms with Gasteiger partial charge in [-0.2, -0.15) is 26.3 Å². The van der Waals surface area contributed by atoms with Crippen LogP contribution in [0.25, 0.3) is 11.5 Å². The van der Waals surface area contributed by atoms with Crippen LogP contribution in [0.1, 0.15) is 49.3 Å². The van der Waals surface area contributed by atoms with Gasteiger partial charge in [0.05, 0.1) is 22.0 Å². The summed E-state index contributed by atoms with van der Waals surface area (Å²) in [6.07, 6.45) is -12.0. The van der Waals surface area contributed by atoms with Crippen molar-refractivity contribution in [2.24, 2.45) is 5.41 Å². The third-order valence-electron chi connectivity index (χ3n) is 5.10. The molecule has 15 heteroatoms. The average molecular weight is 533 g/mol. The predicted octanol–water partition coefficient (Wildman–Crippen LogP) is 6.92. The van der Waals surface area contributed by atoms with Crippen molar-refractivity contribution in [1.82, 2.24) is 10.2 Å². The molecule has 1 unspecified atom stereocenters. The topological polar surface area (TPSA) is 129 Å². The van der Waals surface area contributed by atoms with E-state index >= 15 is 0 Å². The minimum Gasteiger partial charge on any atom is -0.449 e. The molecule has 0 aliphatic heterocycles. The van der Waals surface area contributed by atoms with E-state index in [-0.39, 0.29) is 23.3 Å². The molecule has 0 saturated carbocycles. The van der Waals surface area contributed by atoms with E-state index in [2.05, 4.69) is 10.2 Å². The van der Waals surface area contributed by atoms with Gasteiger partial charge in [0.2, 0.25) is 11.8 Å². The Morgan fingerprint density at radius 2 is 1.57 bits per heavy atom. The minimum atomic E-state index is -5.11. The quantitative estimate of drug-likeness (QED) is 0.123. The molecule has 3 aromatic rings. The monoisotopic (exact) mass is 533 g/mol. The van der Waals surface area contributed by atoms with E-state index in [1.54, 1.807) is 20.8 Å². The molecule has 0 fully saturated rings. The van der Waals surface area contributed by atoms with Crippen LogP contribution in [-0.4, -0.2) is 26.4 Å². The summed E-state index contributed by atoms with van der Waals surface area (Å²) >= 11 is 0. The Hall–Kier alpha value is -4.17. The van der Waals surface area contributed by atoms with Gasteiger partial charge in [0.25, 0.3) is 5.69 Å². The van der Waals surface area contributed by atoms with Crippen LogP contribution in [0.15, 0.2) is 40.8 Å². The van der Waals surface area contributed by atoms with Crippen LogP contribution in [0.4, 0.5) is 36.8 Å². The van der Waals surface area contributed by atoms with Crippen molar-refractivity contribution in [3.05, 3.63) is 69.1 Å². The van der Waals surface area contributed by atoms with E-state index in [0.717, 1.165) is 18.2 Å². The van der Waals surface area contributed by atoms with Crippen LogP contribution in [-0.2, 0) is 12.4 Å². The Bertz CT molecular complexity index is 1310. The first-order chi connectivity index (χ1) is 16.9. The molecule has 1 N–H and O–H groups in total. The minimum absolute atomic E-state index is 0.0582. The highest BCUT2D eigenvalue weighted by Gasteiger charge is 2.39. The van der Waals surface area contributed by atoms with Crippen molar-refractivity contribution in [3.63, 3.8) is 0 Å². The number of aromatic nitrogens is 2. The van der Waals surface area contributed by atoms with Crippen molar-refractivity contribution in [3.8, 4) is 17.2 Å². The third-order valence-corrected chi connectivity index (χ3v) is 5.10. The third kappa shape index (κ3) is 6.16. The Morgan fingerprint density at radius 3 is 2.03 bits per heavy atom. The van der Waals surface area contributed by atoms with Gasteiger partial charge in [0.15, 0.2) is 0 Å². The highest BCUT2D eigenvalue weighted by Crippen LogP contribution is 2.46. The summed E-state index contributed by atoms with van der Waals surface area (Å²) in [5.74, 6) is -2.50. The zero-order chi connectivity index (χ0) is 27.9. The molecule has 0 aliphatic rings. The summed E-state index contributed by atoms with van der Waals surface area (Å²) in [7, 11) is 0. The number of non-ortho nitro benzene ring substituents is 1. The largest absolute Gasteiger partial charge is 0.511 e. The molecule has 1 aromatic heterocycles. The Kier molecular flexibility index (Phi) is 6.94. The van der Waals surface area contributed by atoms with Crippen LogP contribution in [0.3, 0.4) is 0 Å². The molecule has 0 saturated heterocycles. The average Bonchev–Trinajstić information content (AvgIpc) is 3.21. The van der Waals surface area contributed by atoms with Gasteiger partial charge in [-0.3, -0.25) is 10.1 Å². The Balaban J connectivity index is 2.21. The van der Waals surface area contributed by atoms with E-state index < -0.39 is 63.0 Å². The molecule has 0 bridgehead atoms. The number of ether oxygens (including phenoxy) is 1. The van der Waals surface area contributed by atoms with Gasteiger partial charge in [0.1, 0.15) is 5.75 Å². The summed E-state index contributed by atoms with van der Waals surface area (Å²) in [6, 6.07) is 3.78. The lowest BCUT2D eigenvalue weighted by molar-refractivity contribution is -0.385. The van der Waals surface area contributed by atoms with Gasteiger partial charge in [-0.25, -0.2) is 4.79 Å². The molecule has 2 aromatic carbocycles. The number of benzene rings is 2. The maximum Gasteiger partial charge on any atom is 0.511 e. The number of nitrogens with zero attached hydrogens (tertiary/aromatic N) is 3. The van der Waals surface area contributed by atoms with E-state index in [9.17, 15) is 41.3 Å². The number of rotatable bonds is 5. The summed E-state index contributed by atoms with van der Waals surface area (Å²) in [5.41, 5.74) is -5.34. The van der Waals surface area contributed by atoms with Gasteiger partial charge in [0, 0.05) is 23.3 Å². The SMILES string of the molecule is CC(C)(C)C(c1nnc(-c2cc(C(F)(F)F)cc(C(F)(F)F)c2)o1)c1cc([N+](=O)[O-])ccc1OC(=O)O. The van der Waals surface area contributed by atoms with Crippen LogP contribution in [0.5, 0.6) is 5.75 Å². The number of nitro benzene ring substituents is 1. The maximum absolute atomic E-state index is 13.3. The van der Waals surface area contributed by atoms with Gasteiger partial charge in [-0.15, -0.1) is 10.2 Å². The lowest BCUT2D eigenvalue weighted by Crippen LogP contribution is -2.21. The second-order valence-electron chi connectivity index (χ2n) is 8.89. The predicted molar refractivity (Wildman–Crippen MR) is 113 cm³/mol. The van der Waals surface area contributed by atoms with Crippen LogP contribution in [0.2, 0.25) is 0 Å². The number of halogens is 6. The zero-order valence-corrected chi connectivity index (χ0v) is 19.1. The second kappa shape index (κ2) is 9.37. The van der Waals surface area contributed by atoms with E-state index in [1.165, 1.54) is 0 Å². The molecule has 3 rings (SSSR count). The molecule has 0 amide bonds. The molecule has 37 heavy (non-hydrogen) atoms.